The number of carbonyl (C=O) groups excluding carboxylic acids is 2. The Kier molecular flexibility index (Phi) is 4.26. The second-order valence-electron chi connectivity index (χ2n) is 5.67. The van der Waals surface area contributed by atoms with Crippen LogP contribution >= 0.6 is 11.3 Å². The number of ether oxygens (including phenoxy) is 1. The van der Waals surface area contributed by atoms with E-state index in [4.69, 9.17) is 9.15 Å². The molecule has 6 heteroatoms. The Morgan fingerprint density at radius 1 is 1.39 bits per heavy atom. The molecule has 2 aromatic rings. The number of aryl methyl sites for hydroxylation is 2. The number of amides is 1. The lowest BCUT2D eigenvalue weighted by Gasteiger charge is -2.08. The number of furan rings is 1. The molecule has 5 nitrogen and oxygen atoms in total. The van der Waals surface area contributed by atoms with Crippen LogP contribution in [0.5, 0.6) is 0 Å². The number of esters is 1. The van der Waals surface area contributed by atoms with E-state index >= 15 is 0 Å². The number of hydrogen-bond donors (Lipinski definition) is 1. The quantitative estimate of drug-likeness (QED) is 0.830. The number of rotatable bonds is 5. The first-order chi connectivity index (χ1) is 11.0. The second kappa shape index (κ2) is 6.20. The Bertz CT molecular complexity index is 755. The van der Waals surface area contributed by atoms with Gasteiger partial charge in [0.2, 0.25) is 0 Å². The van der Waals surface area contributed by atoms with Crippen molar-refractivity contribution in [2.75, 3.05) is 11.9 Å². The van der Waals surface area contributed by atoms with Gasteiger partial charge in [-0.25, -0.2) is 4.79 Å². The molecule has 1 aliphatic carbocycles. The molecule has 1 fully saturated rings. The fourth-order valence-corrected chi connectivity index (χ4v) is 3.62. The zero-order chi connectivity index (χ0) is 16.6. The maximum Gasteiger partial charge on any atom is 0.341 e. The Labute approximate surface area is 138 Å². The standard InChI is InChI=1S/C17H19NO4S/c1-4-21-17(20)14-13(11-5-6-11)8-23-16(14)18-15(19)12-7-9(2)22-10(12)3/h7-8,11H,4-6H2,1-3H3,(H,18,19). The van der Waals surface area contributed by atoms with E-state index in [1.54, 1.807) is 26.8 Å². The fraction of sp³-hybridized carbons (Fsp3) is 0.412. The first-order valence-corrected chi connectivity index (χ1v) is 8.56. The van der Waals surface area contributed by atoms with E-state index in [1.807, 2.05) is 5.38 Å². The van der Waals surface area contributed by atoms with Crippen molar-refractivity contribution in [2.24, 2.45) is 0 Å². The lowest BCUT2D eigenvalue weighted by Crippen LogP contribution is -2.15. The van der Waals surface area contributed by atoms with E-state index in [0.717, 1.165) is 18.4 Å². The first-order valence-electron chi connectivity index (χ1n) is 7.68. The van der Waals surface area contributed by atoms with Crippen LogP contribution in [-0.2, 0) is 4.74 Å². The van der Waals surface area contributed by atoms with Gasteiger partial charge in [-0.3, -0.25) is 4.79 Å². The number of carbonyl (C=O) groups is 2. The summed E-state index contributed by atoms with van der Waals surface area (Å²) >= 11 is 1.37. The first kappa shape index (κ1) is 15.8. The summed E-state index contributed by atoms with van der Waals surface area (Å²) < 4.78 is 10.6. The summed E-state index contributed by atoms with van der Waals surface area (Å²) in [4.78, 5) is 24.7. The van der Waals surface area contributed by atoms with Crippen LogP contribution in [0.1, 0.15) is 63.5 Å². The van der Waals surface area contributed by atoms with Crippen molar-refractivity contribution in [1.82, 2.24) is 0 Å². The SMILES string of the molecule is CCOC(=O)c1c(C2CC2)csc1NC(=O)c1cc(C)oc1C. The lowest BCUT2D eigenvalue weighted by molar-refractivity contribution is 0.0527. The molecule has 0 saturated heterocycles. The largest absolute Gasteiger partial charge is 0.466 e. The molecule has 0 aromatic carbocycles. The summed E-state index contributed by atoms with van der Waals surface area (Å²) in [7, 11) is 0. The molecule has 3 rings (SSSR count). The van der Waals surface area contributed by atoms with Gasteiger partial charge in [-0.2, -0.15) is 0 Å². The van der Waals surface area contributed by atoms with Crippen LogP contribution in [-0.4, -0.2) is 18.5 Å². The summed E-state index contributed by atoms with van der Waals surface area (Å²) in [6, 6.07) is 1.70. The molecule has 23 heavy (non-hydrogen) atoms. The zero-order valence-electron chi connectivity index (χ0n) is 13.4. The van der Waals surface area contributed by atoms with Crippen molar-refractivity contribution in [2.45, 2.75) is 39.5 Å². The average Bonchev–Trinajstić information content (AvgIpc) is 3.17. The predicted octanol–water partition coefficient (Wildman–Crippen LogP) is 4.26. The number of anilines is 1. The molecular formula is C17H19NO4S. The molecule has 0 spiro atoms. The molecule has 0 bridgehead atoms. The van der Waals surface area contributed by atoms with Crippen molar-refractivity contribution in [3.63, 3.8) is 0 Å². The van der Waals surface area contributed by atoms with Gasteiger partial charge in [-0.15, -0.1) is 11.3 Å². The van der Waals surface area contributed by atoms with Gasteiger partial charge >= 0.3 is 5.97 Å². The molecule has 1 saturated carbocycles. The maximum absolute atomic E-state index is 12.5. The smallest absolute Gasteiger partial charge is 0.341 e. The molecule has 1 N–H and O–H groups in total. The van der Waals surface area contributed by atoms with Gasteiger partial charge in [0.05, 0.1) is 17.7 Å². The maximum atomic E-state index is 12.5. The third-order valence-electron chi connectivity index (χ3n) is 3.83. The van der Waals surface area contributed by atoms with Gasteiger partial charge in [0, 0.05) is 0 Å². The summed E-state index contributed by atoms with van der Waals surface area (Å²) in [6.45, 7) is 5.63. The van der Waals surface area contributed by atoms with E-state index in [0.29, 0.717) is 40.2 Å². The minimum Gasteiger partial charge on any atom is -0.466 e. The van der Waals surface area contributed by atoms with E-state index in [2.05, 4.69) is 5.32 Å². The molecular weight excluding hydrogens is 314 g/mol. The highest BCUT2D eigenvalue weighted by molar-refractivity contribution is 7.15. The molecule has 0 aliphatic heterocycles. The van der Waals surface area contributed by atoms with Crippen LogP contribution < -0.4 is 5.32 Å². The van der Waals surface area contributed by atoms with Crippen molar-refractivity contribution >= 4 is 28.2 Å². The molecule has 0 atom stereocenters. The van der Waals surface area contributed by atoms with Gasteiger partial charge in [-0.05, 0) is 56.5 Å². The van der Waals surface area contributed by atoms with Gasteiger partial charge in [-0.1, -0.05) is 0 Å². The Morgan fingerprint density at radius 2 is 2.13 bits per heavy atom. The minimum atomic E-state index is -0.369. The highest BCUT2D eigenvalue weighted by Gasteiger charge is 2.32. The summed E-state index contributed by atoms with van der Waals surface area (Å²) in [5.74, 6) is 1.02. The monoisotopic (exact) mass is 333 g/mol. The van der Waals surface area contributed by atoms with Crippen LogP contribution in [0.15, 0.2) is 15.9 Å². The molecule has 0 unspecified atom stereocenters. The van der Waals surface area contributed by atoms with Crippen molar-refractivity contribution in [3.8, 4) is 0 Å². The van der Waals surface area contributed by atoms with Crippen LogP contribution in [0.2, 0.25) is 0 Å². The van der Waals surface area contributed by atoms with Gasteiger partial charge in [0.1, 0.15) is 16.5 Å². The Morgan fingerprint density at radius 3 is 2.70 bits per heavy atom. The van der Waals surface area contributed by atoms with Crippen LogP contribution in [0.3, 0.4) is 0 Å². The lowest BCUT2D eigenvalue weighted by atomic mass is 10.1. The fourth-order valence-electron chi connectivity index (χ4n) is 2.60. The third-order valence-corrected chi connectivity index (χ3v) is 4.74. The molecule has 2 aromatic heterocycles. The summed E-state index contributed by atoms with van der Waals surface area (Å²) in [5.41, 5.74) is 1.98. The highest BCUT2D eigenvalue weighted by Crippen LogP contribution is 2.46. The van der Waals surface area contributed by atoms with E-state index in [1.165, 1.54) is 11.3 Å². The minimum absolute atomic E-state index is 0.269. The topological polar surface area (TPSA) is 68.5 Å². The predicted molar refractivity (Wildman–Crippen MR) is 88.4 cm³/mol. The molecule has 2 heterocycles. The van der Waals surface area contributed by atoms with Gasteiger partial charge in [0.25, 0.3) is 5.91 Å². The second-order valence-corrected chi connectivity index (χ2v) is 6.55. The van der Waals surface area contributed by atoms with Crippen molar-refractivity contribution < 1.29 is 18.7 Å². The van der Waals surface area contributed by atoms with Gasteiger partial charge < -0.3 is 14.5 Å². The summed E-state index contributed by atoms with van der Waals surface area (Å²) in [6.07, 6.45) is 2.16. The summed E-state index contributed by atoms with van der Waals surface area (Å²) in [5, 5.41) is 5.34. The third kappa shape index (κ3) is 3.17. The normalized spacial score (nSPS) is 13.9. The molecule has 1 aliphatic rings. The van der Waals surface area contributed by atoms with Crippen molar-refractivity contribution in [1.29, 1.82) is 0 Å². The van der Waals surface area contributed by atoms with E-state index in [9.17, 15) is 9.59 Å². The average molecular weight is 333 g/mol. The highest BCUT2D eigenvalue weighted by atomic mass is 32.1. The van der Waals surface area contributed by atoms with Crippen LogP contribution in [0, 0.1) is 13.8 Å². The number of thiophene rings is 1. The number of hydrogen-bond acceptors (Lipinski definition) is 5. The van der Waals surface area contributed by atoms with E-state index in [-0.39, 0.29) is 11.9 Å². The van der Waals surface area contributed by atoms with Gasteiger partial charge in [0.15, 0.2) is 0 Å². The van der Waals surface area contributed by atoms with Crippen LogP contribution in [0.25, 0.3) is 0 Å². The Hall–Kier alpha value is -2.08. The van der Waals surface area contributed by atoms with E-state index < -0.39 is 0 Å². The zero-order valence-corrected chi connectivity index (χ0v) is 14.2. The molecule has 1 amide bonds. The number of nitrogens with one attached hydrogen (secondary N) is 1. The van der Waals surface area contributed by atoms with Crippen molar-refractivity contribution in [3.05, 3.63) is 39.7 Å². The molecule has 122 valence electrons. The Balaban J connectivity index is 1.89. The van der Waals surface area contributed by atoms with Crippen LogP contribution in [0.4, 0.5) is 5.00 Å². The molecule has 0 radical (unpaired) electrons.